The number of rotatable bonds is 7. The van der Waals surface area contributed by atoms with Crippen molar-refractivity contribution in [3.8, 4) is 0 Å². The molecule has 0 spiro atoms. The van der Waals surface area contributed by atoms with E-state index in [4.69, 9.17) is 4.55 Å². The minimum atomic E-state index is -5.06. The molecule has 1 fully saturated rings. The average molecular weight is 392 g/mol. The van der Waals surface area contributed by atoms with Crippen molar-refractivity contribution in [3.05, 3.63) is 0 Å². The monoisotopic (exact) mass is 391 g/mol. The standard InChI is InChI=1S/C14H27F2NO5S2/c1-3-12(14(15,16)13(4-2)24(20,21)22)23(18,19)17-10-8-6-5-7-9-11-17/h12-13H,3-11H2,1-2H3,(H,20,21,22). The predicted octanol–water partition coefficient (Wildman–Crippen LogP) is 2.66. The predicted molar refractivity (Wildman–Crippen MR) is 88.2 cm³/mol. The van der Waals surface area contributed by atoms with E-state index in [9.17, 15) is 25.6 Å². The van der Waals surface area contributed by atoms with Crippen molar-refractivity contribution in [3.63, 3.8) is 0 Å². The topological polar surface area (TPSA) is 91.8 Å². The van der Waals surface area contributed by atoms with Crippen LogP contribution in [0, 0.1) is 0 Å². The molecule has 10 heteroatoms. The fraction of sp³-hybridized carbons (Fsp3) is 1.00. The van der Waals surface area contributed by atoms with E-state index < -0.39 is 49.4 Å². The quantitative estimate of drug-likeness (QED) is 0.674. The first kappa shape index (κ1) is 21.7. The molecule has 2 atom stereocenters. The summed E-state index contributed by atoms with van der Waals surface area (Å²) in [5.74, 6) is -4.07. The lowest BCUT2D eigenvalue weighted by Gasteiger charge is -2.34. The van der Waals surface area contributed by atoms with Crippen molar-refractivity contribution in [2.45, 2.75) is 75.2 Å². The van der Waals surface area contributed by atoms with Gasteiger partial charge in [0.15, 0.2) is 5.25 Å². The van der Waals surface area contributed by atoms with E-state index >= 15 is 0 Å². The number of halogens is 2. The maximum Gasteiger partial charge on any atom is 0.284 e. The third-order valence-corrected chi connectivity index (χ3v) is 8.31. The van der Waals surface area contributed by atoms with Crippen LogP contribution < -0.4 is 0 Å². The van der Waals surface area contributed by atoms with Gasteiger partial charge in [-0.25, -0.2) is 21.5 Å². The molecule has 0 bridgehead atoms. The summed E-state index contributed by atoms with van der Waals surface area (Å²) in [5, 5.41) is -4.60. The van der Waals surface area contributed by atoms with Crippen LogP contribution >= 0.6 is 0 Å². The lowest BCUT2D eigenvalue weighted by Crippen LogP contribution is -2.55. The van der Waals surface area contributed by atoms with Gasteiger partial charge in [0.05, 0.1) is 0 Å². The van der Waals surface area contributed by atoms with Crippen LogP contribution in [0.4, 0.5) is 8.78 Å². The molecule has 1 N–H and O–H groups in total. The molecule has 2 unspecified atom stereocenters. The summed E-state index contributed by atoms with van der Waals surface area (Å²) in [6.07, 6.45) is 2.84. The van der Waals surface area contributed by atoms with Gasteiger partial charge in [-0.1, -0.05) is 33.1 Å². The largest absolute Gasteiger partial charge is 0.285 e. The Hall–Kier alpha value is -0.320. The lowest BCUT2D eigenvalue weighted by molar-refractivity contribution is -0.0128. The molecule has 0 saturated carbocycles. The minimum Gasteiger partial charge on any atom is -0.285 e. The average Bonchev–Trinajstić information content (AvgIpc) is 2.35. The van der Waals surface area contributed by atoms with Crippen molar-refractivity contribution in [2.75, 3.05) is 13.1 Å². The van der Waals surface area contributed by atoms with Crippen LogP contribution in [0.3, 0.4) is 0 Å². The maximum absolute atomic E-state index is 14.7. The molecular weight excluding hydrogens is 364 g/mol. The first-order valence-corrected chi connectivity index (χ1v) is 11.3. The minimum absolute atomic E-state index is 0.164. The van der Waals surface area contributed by atoms with Crippen molar-refractivity contribution >= 4 is 20.1 Å². The third-order valence-electron chi connectivity index (χ3n) is 4.49. The van der Waals surface area contributed by atoms with E-state index in [1.54, 1.807) is 0 Å². The zero-order valence-electron chi connectivity index (χ0n) is 14.1. The summed E-state index contributed by atoms with van der Waals surface area (Å²) < 4.78 is 87.7. The number of hydrogen-bond acceptors (Lipinski definition) is 4. The van der Waals surface area contributed by atoms with Gasteiger partial charge in [0.25, 0.3) is 16.0 Å². The molecule has 0 aromatic heterocycles. The van der Waals surface area contributed by atoms with E-state index in [1.807, 2.05) is 0 Å². The van der Waals surface area contributed by atoms with Crippen molar-refractivity contribution < 1.29 is 30.2 Å². The normalized spacial score (nSPS) is 21.7. The van der Waals surface area contributed by atoms with Crippen LogP contribution in [0.2, 0.25) is 0 Å². The molecule has 144 valence electrons. The molecular formula is C14H27F2NO5S2. The van der Waals surface area contributed by atoms with E-state index in [0.29, 0.717) is 12.8 Å². The Morgan fingerprint density at radius 1 is 0.917 bits per heavy atom. The van der Waals surface area contributed by atoms with Gasteiger partial charge < -0.3 is 0 Å². The molecule has 1 aliphatic rings. The van der Waals surface area contributed by atoms with E-state index in [2.05, 4.69) is 0 Å². The Balaban J connectivity index is 3.20. The van der Waals surface area contributed by atoms with Crippen molar-refractivity contribution in [1.82, 2.24) is 4.31 Å². The Labute approximate surface area is 143 Å². The van der Waals surface area contributed by atoms with Gasteiger partial charge in [-0.05, 0) is 25.7 Å². The highest BCUT2D eigenvalue weighted by Crippen LogP contribution is 2.37. The van der Waals surface area contributed by atoms with Crippen LogP contribution in [0.5, 0.6) is 0 Å². The van der Waals surface area contributed by atoms with E-state index in [0.717, 1.165) is 23.6 Å². The van der Waals surface area contributed by atoms with Crippen molar-refractivity contribution in [2.24, 2.45) is 0 Å². The van der Waals surface area contributed by atoms with Crippen LogP contribution in [0.15, 0.2) is 0 Å². The molecule has 0 radical (unpaired) electrons. The van der Waals surface area contributed by atoms with E-state index in [1.165, 1.54) is 13.8 Å². The molecule has 24 heavy (non-hydrogen) atoms. The van der Waals surface area contributed by atoms with Gasteiger partial charge in [-0.2, -0.15) is 8.42 Å². The fourth-order valence-corrected chi connectivity index (χ4v) is 6.40. The molecule has 0 aliphatic carbocycles. The zero-order valence-corrected chi connectivity index (χ0v) is 15.8. The molecule has 1 heterocycles. The van der Waals surface area contributed by atoms with Gasteiger partial charge in [0.2, 0.25) is 10.0 Å². The molecule has 0 aromatic carbocycles. The van der Waals surface area contributed by atoms with Gasteiger partial charge in [-0.3, -0.25) is 4.55 Å². The molecule has 1 saturated heterocycles. The SMILES string of the molecule is CCC(C(F)(F)C(CC)S(=O)(=O)N1CCCCCCC1)S(=O)(=O)O. The molecule has 0 amide bonds. The first-order valence-electron chi connectivity index (χ1n) is 8.32. The van der Waals surface area contributed by atoms with Gasteiger partial charge in [0.1, 0.15) is 5.25 Å². The molecule has 0 aromatic rings. The summed E-state index contributed by atoms with van der Waals surface area (Å²) in [4.78, 5) is 0. The van der Waals surface area contributed by atoms with Crippen molar-refractivity contribution in [1.29, 1.82) is 0 Å². The number of nitrogens with zero attached hydrogens (tertiary/aromatic N) is 1. The van der Waals surface area contributed by atoms with Gasteiger partial charge in [0, 0.05) is 13.1 Å². The summed E-state index contributed by atoms with van der Waals surface area (Å²) in [7, 11) is -9.44. The number of sulfonamides is 1. The molecule has 1 rings (SSSR count). The summed E-state index contributed by atoms with van der Waals surface area (Å²) >= 11 is 0. The highest BCUT2D eigenvalue weighted by molar-refractivity contribution is 7.90. The molecule has 1 aliphatic heterocycles. The Bertz CT molecular complexity index is 599. The van der Waals surface area contributed by atoms with Crippen LogP contribution in [0.25, 0.3) is 0 Å². The van der Waals surface area contributed by atoms with Crippen LogP contribution in [-0.2, 0) is 20.1 Å². The Morgan fingerprint density at radius 3 is 1.71 bits per heavy atom. The fourth-order valence-electron chi connectivity index (χ4n) is 3.22. The lowest BCUT2D eigenvalue weighted by atomic mass is 10.1. The second kappa shape index (κ2) is 8.37. The third kappa shape index (κ3) is 4.86. The second-order valence-electron chi connectivity index (χ2n) is 6.20. The smallest absolute Gasteiger partial charge is 0.284 e. The molecule has 6 nitrogen and oxygen atoms in total. The van der Waals surface area contributed by atoms with Crippen LogP contribution in [0.1, 0.15) is 58.8 Å². The maximum atomic E-state index is 14.7. The highest BCUT2D eigenvalue weighted by Gasteiger charge is 2.57. The highest BCUT2D eigenvalue weighted by atomic mass is 32.2. The van der Waals surface area contributed by atoms with Crippen LogP contribution in [-0.4, -0.2) is 55.2 Å². The zero-order chi connectivity index (χ0) is 18.6. The number of hydrogen-bond donors (Lipinski definition) is 1. The summed E-state index contributed by atoms with van der Waals surface area (Å²) in [5.41, 5.74) is 0. The summed E-state index contributed by atoms with van der Waals surface area (Å²) in [6, 6.07) is 0. The second-order valence-corrected chi connectivity index (χ2v) is 9.91. The first-order chi connectivity index (χ1) is 11.0. The van der Waals surface area contributed by atoms with Gasteiger partial charge in [-0.15, -0.1) is 0 Å². The Kier molecular flexibility index (Phi) is 7.58. The Morgan fingerprint density at radius 2 is 1.33 bits per heavy atom. The van der Waals surface area contributed by atoms with E-state index in [-0.39, 0.29) is 13.1 Å². The number of alkyl halides is 2. The summed E-state index contributed by atoms with van der Waals surface area (Å²) in [6.45, 7) is 2.80. The van der Waals surface area contributed by atoms with Gasteiger partial charge >= 0.3 is 0 Å².